The van der Waals surface area contributed by atoms with E-state index in [1.54, 1.807) is 6.07 Å². The highest BCUT2D eigenvalue weighted by Gasteiger charge is 2.25. The summed E-state index contributed by atoms with van der Waals surface area (Å²) in [6.07, 6.45) is 3.53. The van der Waals surface area contributed by atoms with Crippen LogP contribution < -0.4 is 11.1 Å². The summed E-state index contributed by atoms with van der Waals surface area (Å²) < 4.78 is 13.4. The summed E-state index contributed by atoms with van der Waals surface area (Å²) in [6, 6.07) is 3.00. The van der Waals surface area contributed by atoms with Gasteiger partial charge in [-0.2, -0.15) is 0 Å². The molecule has 0 aromatic heterocycles. The molecule has 0 unspecified atom stereocenters. The summed E-state index contributed by atoms with van der Waals surface area (Å²) in [5.41, 5.74) is 6.14. The monoisotopic (exact) mass is 351 g/mol. The third-order valence-corrected chi connectivity index (χ3v) is 3.79. The maximum atomic E-state index is 13.4. The van der Waals surface area contributed by atoms with E-state index in [9.17, 15) is 9.50 Å². The van der Waals surface area contributed by atoms with Crippen LogP contribution in [0.2, 0.25) is 0 Å². The number of halogens is 3. The molecule has 1 saturated heterocycles. The van der Waals surface area contributed by atoms with E-state index >= 15 is 0 Å². The van der Waals surface area contributed by atoms with Crippen molar-refractivity contribution in [3.05, 3.63) is 36.2 Å². The predicted molar refractivity (Wildman–Crippen MR) is 93.6 cm³/mol. The quantitative estimate of drug-likeness (QED) is 0.433. The number of nitrogens with zero attached hydrogens (tertiary/aromatic N) is 1. The first-order valence-corrected chi connectivity index (χ1v) is 6.97. The molecule has 0 aliphatic carbocycles. The van der Waals surface area contributed by atoms with Gasteiger partial charge in [0.1, 0.15) is 17.3 Å². The van der Waals surface area contributed by atoms with Crippen molar-refractivity contribution in [2.75, 3.05) is 31.9 Å². The van der Waals surface area contributed by atoms with Crippen LogP contribution in [0, 0.1) is 5.82 Å². The van der Waals surface area contributed by atoms with Gasteiger partial charge in [-0.1, -0.05) is 12.1 Å². The van der Waals surface area contributed by atoms with E-state index in [1.165, 1.54) is 6.07 Å². The minimum absolute atomic E-state index is 0. The summed E-state index contributed by atoms with van der Waals surface area (Å²) in [4.78, 5) is 2.30. The summed E-state index contributed by atoms with van der Waals surface area (Å²) in [7, 11) is 0. The molecular formula is C15H24Cl2FN3O. The SMILES string of the molecule is C=CCC[C@H](c1ccc(F)c(N)c1O)N1CCNCC1.Cl.Cl. The van der Waals surface area contributed by atoms with E-state index in [-0.39, 0.29) is 42.3 Å². The summed E-state index contributed by atoms with van der Waals surface area (Å²) in [5.74, 6) is -0.702. The second-order valence-corrected chi connectivity index (χ2v) is 5.07. The average Bonchev–Trinajstić information content (AvgIpc) is 2.48. The number of hydrogen-bond donors (Lipinski definition) is 3. The molecule has 0 amide bonds. The molecule has 7 heteroatoms. The van der Waals surface area contributed by atoms with Crippen LogP contribution in [0.3, 0.4) is 0 Å². The van der Waals surface area contributed by atoms with Gasteiger partial charge < -0.3 is 16.2 Å². The Labute approximate surface area is 143 Å². The second kappa shape index (κ2) is 9.90. The molecule has 1 aliphatic heterocycles. The van der Waals surface area contributed by atoms with E-state index in [0.29, 0.717) is 5.56 Å². The third-order valence-electron chi connectivity index (χ3n) is 3.79. The van der Waals surface area contributed by atoms with Gasteiger partial charge >= 0.3 is 0 Å². The van der Waals surface area contributed by atoms with E-state index in [4.69, 9.17) is 5.73 Å². The zero-order valence-electron chi connectivity index (χ0n) is 12.4. The Morgan fingerprint density at radius 2 is 2.00 bits per heavy atom. The molecule has 4 N–H and O–H groups in total. The van der Waals surface area contributed by atoms with Gasteiger partial charge in [0.25, 0.3) is 0 Å². The maximum absolute atomic E-state index is 13.4. The minimum atomic E-state index is -0.575. The number of nitrogens with one attached hydrogen (secondary N) is 1. The van der Waals surface area contributed by atoms with Gasteiger partial charge in [0.05, 0.1) is 0 Å². The molecule has 22 heavy (non-hydrogen) atoms. The van der Waals surface area contributed by atoms with Crippen LogP contribution in [0.15, 0.2) is 24.8 Å². The number of rotatable bonds is 5. The van der Waals surface area contributed by atoms with Crippen LogP contribution in [-0.2, 0) is 0 Å². The first kappa shape index (κ1) is 21.0. The lowest BCUT2D eigenvalue weighted by Crippen LogP contribution is -2.45. The zero-order chi connectivity index (χ0) is 14.5. The van der Waals surface area contributed by atoms with Gasteiger partial charge in [0.2, 0.25) is 0 Å². The first-order valence-electron chi connectivity index (χ1n) is 6.97. The molecule has 0 saturated carbocycles. The molecule has 1 aliphatic rings. The number of allylic oxidation sites excluding steroid dienone is 1. The summed E-state index contributed by atoms with van der Waals surface area (Å²) >= 11 is 0. The Bertz CT molecular complexity index is 482. The lowest BCUT2D eigenvalue weighted by Gasteiger charge is -2.35. The molecule has 0 radical (unpaired) electrons. The van der Waals surface area contributed by atoms with Gasteiger partial charge in [-0.05, 0) is 18.9 Å². The Kier molecular flexibility index (Phi) is 9.44. The number of nitrogen functional groups attached to an aromatic ring is 1. The Balaban J connectivity index is 0.00000220. The number of phenolic OH excluding ortho intramolecular Hbond substituents is 1. The van der Waals surface area contributed by atoms with Crippen LogP contribution in [0.1, 0.15) is 24.4 Å². The van der Waals surface area contributed by atoms with E-state index < -0.39 is 5.82 Å². The molecule has 1 heterocycles. The van der Waals surface area contributed by atoms with Crippen LogP contribution >= 0.6 is 24.8 Å². The van der Waals surface area contributed by atoms with Gasteiger partial charge in [-0.3, -0.25) is 4.90 Å². The number of aromatic hydroxyl groups is 1. The predicted octanol–water partition coefficient (Wildman–Crippen LogP) is 2.87. The molecule has 2 rings (SSSR count). The average molecular weight is 352 g/mol. The Morgan fingerprint density at radius 1 is 1.36 bits per heavy atom. The van der Waals surface area contributed by atoms with Crippen molar-refractivity contribution in [1.82, 2.24) is 10.2 Å². The maximum Gasteiger partial charge on any atom is 0.149 e. The lowest BCUT2D eigenvalue weighted by molar-refractivity contribution is 0.163. The van der Waals surface area contributed by atoms with Crippen molar-refractivity contribution in [2.24, 2.45) is 0 Å². The van der Waals surface area contributed by atoms with Crippen molar-refractivity contribution in [3.8, 4) is 5.75 Å². The summed E-state index contributed by atoms with van der Waals surface area (Å²) in [6.45, 7) is 7.39. The number of benzene rings is 1. The standard InChI is InChI=1S/C15H22FN3O.2ClH/c1-2-3-4-13(19-9-7-18-8-10-19)11-5-6-12(16)14(17)15(11)20;;/h2,5-6,13,18,20H,1,3-4,7-10,17H2;2*1H/t13-;;/m1../s1. The van der Waals surface area contributed by atoms with E-state index in [2.05, 4.69) is 16.8 Å². The first-order chi connectivity index (χ1) is 9.65. The van der Waals surface area contributed by atoms with E-state index in [0.717, 1.165) is 39.0 Å². The zero-order valence-corrected chi connectivity index (χ0v) is 14.1. The topological polar surface area (TPSA) is 61.5 Å². The lowest BCUT2D eigenvalue weighted by atomic mass is 9.97. The largest absolute Gasteiger partial charge is 0.505 e. The smallest absolute Gasteiger partial charge is 0.149 e. The number of nitrogens with two attached hydrogens (primary N) is 1. The van der Waals surface area contributed by atoms with Crippen LogP contribution in [-0.4, -0.2) is 36.2 Å². The second-order valence-electron chi connectivity index (χ2n) is 5.07. The normalized spacial score (nSPS) is 16.2. The molecule has 4 nitrogen and oxygen atoms in total. The van der Waals surface area contributed by atoms with Gasteiger partial charge in [0.15, 0.2) is 0 Å². The van der Waals surface area contributed by atoms with Crippen molar-refractivity contribution in [1.29, 1.82) is 0 Å². The highest BCUT2D eigenvalue weighted by Crippen LogP contribution is 2.37. The van der Waals surface area contributed by atoms with Crippen LogP contribution in [0.5, 0.6) is 5.75 Å². The van der Waals surface area contributed by atoms with E-state index in [1.807, 2.05) is 6.08 Å². The van der Waals surface area contributed by atoms with Crippen LogP contribution in [0.4, 0.5) is 10.1 Å². The van der Waals surface area contributed by atoms with Crippen molar-refractivity contribution >= 4 is 30.5 Å². The fraction of sp³-hybridized carbons (Fsp3) is 0.467. The fourth-order valence-corrected chi connectivity index (χ4v) is 2.67. The minimum Gasteiger partial charge on any atom is -0.505 e. The third kappa shape index (κ3) is 4.74. The molecule has 0 bridgehead atoms. The number of piperazine rings is 1. The molecule has 1 fully saturated rings. The molecule has 126 valence electrons. The van der Waals surface area contributed by atoms with Gasteiger partial charge in [-0.25, -0.2) is 4.39 Å². The Hall–Kier alpha value is -1.01. The van der Waals surface area contributed by atoms with Crippen LogP contribution in [0.25, 0.3) is 0 Å². The summed E-state index contributed by atoms with van der Waals surface area (Å²) in [5, 5.41) is 13.4. The molecule has 0 spiro atoms. The molecule has 1 aromatic carbocycles. The highest BCUT2D eigenvalue weighted by molar-refractivity contribution is 5.85. The van der Waals surface area contributed by atoms with Crippen molar-refractivity contribution in [2.45, 2.75) is 18.9 Å². The van der Waals surface area contributed by atoms with Gasteiger partial charge in [-0.15, -0.1) is 31.4 Å². The molecular weight excluding hydrogens is 328 g/mol. The van der Waals surface area contributed by atoms with Crippen molar-refractivity contribution < 1.29 is 9.50 Å². The molecule has 1 atom stereocenters. The Morgan fingerprint density at radius 3 is 2.59 bits per heavy atom. The highest BCUT2D eigenvalue weighted by atomic mass is 35.5. The van der Waals surface area contributed by atoms with Crippen molar-refractivity contribution in [3.63, 3.8) is 0 Å². The van der Waals surface area contributed by atoms with Gasteiger partial charge in [0, 0.05) is 37.8 Å². The number of anilines is 1. The number of phenols is 1. The fourth-order valence-electron chi connectivity index (χ4n) is 2.67. The molecule has 1 aromatic rings. The number of hydrogen-bond acceptors (Lipinski definition) is 4.